The molecular weight excluding hydrogens is 1100 g/mol. The number of anilines is 2. The van der Waals surface area contributed by atoms with Crippen LogP contribution in [-0.2, 0) is 51.4 Å². The number of primary amides is 1. The van der Waals surface area contributed by atoms with Gasteiger partial charge in [0, 0.05) is 81.3 Å². The number of nitrogens with two attached hydrogens (primary N) is 2. The monoisotopic (exact) mass is 1170 g/mol. The Labute approximate surface area is 484 Å². The molecule has 6 atom stereocenters. The van der Waals surface area contributed by atoms with Crippen LogP contribution in [0.4, 0.5) is 34.3 Å². The van der Waals surface area contributed by atoms with Gasteiger partial charge in [-0.2, -0.15) is 0 Å². The highest BCUT2D eigenvalue weighted by Crippen LogP contribution is 2.39. The maximum absolute atomic E-state index is 16.3. The van der Waals surface area contributed by atoms with E-state index in [1.807, 2.05) is 0 Å². The average Bonchev–Trinajstić information content (AvgIpc) is 4.05. The first-order valence-electron chi connectivity index (χ1n) is 28.1. The number of likely N-dealkylation sites (tertiary alicyclic amines) is 1. The van der Waals surface area contributed by atoms with Crippen LogP contribution in [0.5, 0.6) is 0 Å². The van der Waals surface area contributed by atoms with Gasteiger partial charge in [0.05, 0.1) is 30.5 Å². The lowest BCUT2D eigenvalue weighted by Crippen LogP contribution is -2.54. The van der Waals surface area contributed by atoms with E-state index >= 15 is 8.78 Å². The van der Waals surface area contributed by atoms with Gasteiger partial charge in [0.25, 0.3) is 17.7 Å². The minimum Gasteiger partial charge on any atom is -0.445 e. The van der Waals surface area contributed by atoms with Gasteiger partial charge in [-0.15, -0.1) is 0 Å². The molecule has 9 amide bonds. The van der Waals surface area contributed by atoms with Crippen LogP contribution in [0.2, 0.25) is 0 Å². The number of ether oxygens (including phenoxy) is 2. The van der Waals surface area contributed by atoms with E-state index in [4.69, 9.17) is 25.9 Å². The number of carbonyl (C=O) groups excluding carboxylic acids is 8. The number of hydrogen-bond donors (Lipinski definition) is 7. The van der Waals surface area contributed by atoms with Crippen LogP contribution in [-0.4, -0.2) is 152 Å². The van der Waals surface area contributed by atoms with E-state index in [1.54, 1.807) is 60.9 Å². The largest absolute Gasteiger partial charge is 0.445 e. The number of pyridine rings is 1. The van der Waals surface area contributed by atoms with Crippen molar-refractivity contribution in [2.75, 3.05) is 57.0 Å². The molecule has 0 saturated carbocycles. The fraction of sp³-hybridized carbons (Fsp3) is 0.483. The van der Waals surface area contributed by atoms with E-state index in [0.29, 0.717) is 62.3 Å². The first-order chi connectivity index (χ1) is 40.1. The van der Waals surface area contributed by atoms with Crippen molar-refractivity contribution in [2.24, 2.45) is 23.5 Å². The molecule has 0 bridgehead atoms. The van der Waals surface area contributed by atoms with Crippen molar-refractivity contribution in [1.82, 2.24) is 45.2 Å². The number of amides is 9. The maximum atomic E-state index is 16.3. The second-order valence-corrected chi connectivity index (χ2v) is 21.5. The molecule has 0 spiro atoms. The molecule has 4 aromatic rings. The third-order valence-electron chi connectivity index (χ3n) is 14.8. The number of nitrogens with one attached hydrogen (secondary N) is 4. The van der Waals surface area contributed by atoms with Crippen LogP contribution in [0.1, 0.15) is 95.3 Å². The van der Waals surface area contributed by atoms with E-state index in [0.717, 1.165) is 23.1 Å². The molecule has 452 valence electrons. The normalized spacial score (nSPS) is 17.6. The summed E-state index contributed by atoms with van der Waals surface area (Å²) in [6.45, 7) is 4.67. The highest BCUT2D eigenvalue weighted by molar-refractivity contribution is 6.12. The van der Waals surface area contributed by atoms with Crippen LogP contribution in [0.25, 0.3) is 11.3 Å². The zero-order valence-corrected chi connectivity index (χ0v) is 47.1. The Kier molecular flexibility index (Phi) is 22.4. The van der Waals surface area contributed by atoms with Crippen molar-refractivity contribution in [3.05, 3.63) is 108 Å². The zero-order valence-electron chi connectivity index (χ0n) is 47.1. The van der Waals surface area contributed by atoms with Gasteiger partial charge in [0.1, 0.15) is 54.2 Å². The number of aromatic nitrogens is 3. The molecule has 0 aliphatic carbocycles. The number of urea groups is 1. The number of rotatable bonds is 27. The lowest BCUT2D eigenvalue weighted by atomic mass is 9.88. The lowest BCUT2D eigenvalue weighted by molar-refractivity contribution is -0.145. The standard InChI is InChI=1S/C58H73F3N12O11/c1-34(2)51(69-48(75)12-5-4-6-24-72-49(76)19-20-50(72)77)55(79)68-45(10-8-23-64-57(63)81)54(78)66-40-16-13-36(14-17-40)33-84-58(82)71-28-38(44(61)31-71)29-73(56(80)35(3)74)52(37-21-25-83-26-22-37)53-67-46(42-27-39(59)15-18-43(42)60)32-70(53)30-41-9-7-11-47(62)65-41/h7,9,11,13-20,27,32,34-35,37-38,44-45,51-52,74H,4-6,8,10,12,21-26,28-31,33H2,1-3H3,(H2,62,65)(H,66,78)(H,68,79)(H,69,75)(H3,63,64,81)/t35-,38?,44-,45-,51-,52+/m0/s1. The molecule has 5 heterocycles. The molecule has 3 aliphatic heterocycles. The fourth-order valence-corrected chi connectivity index (χ4v) is 10.4. The van der Waals surface area contributed by atoms with Gasteiger partial charge >= 0.3 is 12.1 Å². The summed E-state index contributed by atoms with van der Waals surface area (Å²) in [5, 5.41) is 21.6. The summed E-state index contributed by atoms with van der Waals surface area (Å²) >= 11 is 0. The molecule has 23 nitrogen and oxygen atoms in total. The van der Waals surface area contributed by atoms with Gasteiger partial charge in [-0.3, -0.25) is 33.7 Å². The van der Waals surface area contributed by atoms with E-state index in [2.05, 4.69) is 26.3 Å². The Hall–Kier alpha value is -8.39. The van der Waals surface area contributed by atoms with Gasteiger partial charge in [0.2, 0.25) is 17.7 Å². The minimum absolute atomic E-state index is 0.0367. The average molecular weight is 1170 g/mol. The topological polar surface area (TPSA) is 316 Å². The number of benzene rings is 2. The van der Waals surface area contributed by atoms with Gasteiger partial charge in [-0.05, 0) is 105 Å². The third-order valence-corrected chi connectivity index (χ3v) is 14.8. The number of hydrogen-bond acceptors (Lipinski definition) is 14. The number of unbranched alkanes of at least 4 members (excludes halogenated alkanes) is 2. The third kappa shape index (κ3) is 17.3. The van der Waals surface area contributed by atoms with Gasteiger partial charge < -0.3 is 61.7 Å². The molecule has 0 radical (unpaired) electrons. The summed E-state index contributed by atoms with van der Waals surface area (Å²) in [6, 6.07) is 10.4. The molecule has 84 heavy (non-hydrogen) atoms. The van der Waals surface area contributed by atoms with Gasteiger partial charge in [-0.1, -0.05) is 38.5 Å². The number of alkyl halides is 1. The molecule has 2 saturated heterocycles. The highest BCUT2D eigenvalue weighted by Gasteiger charge is 2.44. The summed E-state index contributed by atoms with van der Waals surface area (Å²) in [5.41, 5.74) is 12.5. The smallest absolute Gasteiger partial charge is 0.410 e. The van der Waals surface area contributed by atoms with Crippen molar-refractivity contribution < 1.29 is 66.1 Å². The minimum atomic E-state index is -1.65. The van der Waals surface area contributed by atoms with Crippen molar-refractivity contribution in [3.63, 3.8) is 0 Å². The van der Waals surface area contributed by atoms with Crippen molar-refractivity contribution in [1.29, 1.82) is 0 Å². The number of aliphatic hydroxyl groups is 1. The van der Waals surface area contributed by atoms with Gasteiger partial charge in [-0.25, -0.2) is 32.7 Å². The predicted octanol–water partition coefficient (Wildman–Crippen LogP) is 4.64. The predicted molar refractivity (Wildman–Crippen MR) is 300 cm³/mol. The SMILES string of the molecule is CC(C)[C@H](NC(=O)CCCCCN1C(=O)C=CC1=O)C(=O)N[C@@H](CCCNC(N)=O)C(=O)Nc1ccc(COC(=O)N2CC(CN(C(=O)[C@H](C)O)[C@@H](c3nc(-c4cc(F)ccc4F)cn3Cc3cccc(N)n3)C3CCOCC3)[C@@H](F)C2)cc1. The molecule has 26 heteroatoms. The number of nitrogens with zero attached hydrogens (tertiary/aromatic N) is 6. The van der Waals surface area contributed by atoms with Crippen LogP contribution < -0.4 is 32.7 Å². The van der Waals surface area contributed by atoms with E-state index in [1.165, 1.54) is 35.1 Å². The quantitative estimate of drug-likeness (QED) is 0.0316. The summed E-state index contributed by atoms with van der Waals surface area (Å²) in [7, 11) is 0. The Morgan fingerprint density at radius 2 is 1.62 bits per heavy atom. The Morgan fingerprint density at radius 1 is 0.893 bits per heavy atom. The highest BCUT2D eigenvalue weighted by atomic mass is 19.1. The van der Waals surface area contributed by atoms with Crippen molar-refractivity contribution in [2.45, 2.75) is 116 Å². The Morgan fingerprint density at radius 3 is 2.30 bits per heavy atom. The van der Waals surface area contributed by atoms with Gasteiger partial charge in [0.15, 0.2) is 0 Å². The van der Waals surface area contributed by atoms with Crippen molar-refractivity contribution >= 4 is 59.1 Å². The molecule has 3 aliphatic rings. The molecule has 2 aromatic heterocycles. The summed E-state index contributed by atoms with van der Waals surface area (Å²) in [6.07, 6.45) is 2.60. The van der Waals surface area contributed by atoms with E-state index in [9.17, 15) is 47.9 Å². The van der Waals surface area contributed by atoms with E-state index in [-0.39, 0.29) is 112 Å². The number of carbonyl (C=O) groups is 8. The molecule has 7 rings (SSSR count). The molecular formula is C58H73F3N12O11. The van der Waals surface area contributed by atoms with Crippen LogP contribution >= 0.6 is 0 Å². The lowest BCUT2D eigenvalue weighted by Gasteiger charge is -2.40. The number of halogens is 3. The van der Waals surface area contributed by atoms with Crippen molar-refractivity contribution in [3.8, 4) is 11.3 Å². The number of nitrogen functional groups attached to an aromatic ring is 1. The maximum Gasteiger partial charge on any atom is 0.410 e. The molecule has 2 aromatic carbocycles. The Bertz CT molecular complexity index is 3010. The molecule has 2 fully saturated rings. The summed E-state index contributed by atoms with van der Waals surface area (Å²) < 4.78 is 59.3. The Balaban J connectivity index is 0.983. The first kappa shape index (κ1) is 63.2. The molecule has 9 N–H and O–H groups in total. The summed E-state index contributed by atoms with van der Waals surface area (Å²) in [5.74, 6) is -5.85. The van der Waals surface area contributed by atoms with E-state index < -0.39 is 83.7 Å². The van der Waals surface area contributed by atoms with Crippen LogP contribution in [0.15, 0.2) is 79.0 Å². The number of imidazole rings is 1. The summed E-state index contributed by atoms with van der Waals surface area (Å²) in [4.78, 5) is 116. The number of aliphatic hydroxyl groups excluding tert-OH is 1. The van der Waals surface area contributed by atoms with Crippen LogP contribution in [0, 0.1) is 29.4 Å². The van der Waals surface area contributed by atoms with Crippen LogP contribution in [0.3, 0.4) is 0 Å². The number of imide groups is 1. The second-order valence-electron chi connectivity index (χ2n) is 21.5. The first-order valence-corrected chi connectivity index (χ1v) is 28.1. The zero-order chi connectivity index (χ0) is 60.6. The molecule has 1 unspecified atom stereocenters. The second kappa shape index (κ2) is 29.7. The fourth-order valence-electron chi connectivity index (χ4n) is 10.4.